The highest BCUT2D eigenvalue weighted by atomic mass is 32.2. The third kappa shape index (κ3) is 6.14. The first-order valence-corrected chi connectivity index (χ1v) is 12.1. The van der Waals surface area contributed by atoms with Crippen LogP contribution in [0.1, 0.15) is 18.9 Å². The van der Waals surface area contributed by atoms with Crippen LogP contribution in [0.15, 0.2) is 58.5 Å². The summed E-state index contributed by atoms with van der Waals surface area (Å²) in [4.78, 5) is 15.2. The number of aliphatic imine (C=N–C) groups is 1. The lowest BCUT2D eigenvalue weighted by molar-refractivity contribution is 0.0529. The second kappa shape index (κ2) is 10.9. The molecule has 1 aromatic heterocycles. The summed E-state index contributed by atoms with van der Waals surface area (Å²) >= 11 is 1.96. The van der Waals surface area contributed by atoms with Crippen LogP contribution in [-0.2, 0) is 11.3 Å². The van der Waals surface area contributed by atoms with E-state index in [0.29, 0.717) is 5.92 Å². The second-order valence-electron chi connectivity index (χ2n) is 8.28. The molecule has 0 aliphatic carbocycles. The zero-order chi connectivity index (χ0) is 21.5. The number of nitrogens with zero attached hydrogens (tertiary/aromatic N) is 4. The smallest absolute Gasteiger partial charge is 0.193 e. The number of pyridine rings is 1. The lowest BCUT2D eigenvalue weighted by Gasteiger charge is -2.32. The molecule has 4 rings (SSSR count). The molecule has 2 atom stereocenters. The maximum atomic E-state index is 5.63. The first kappa shape index (κ1) is 22.0. The maximum absolute atomic E-state index is 5.63. The monoisotopic (exact) mass is 439 g/mol. The average molecular weight is 440 g/mol. The molecule has 2 fully saturated rings. The van der Waals surface area contributed by atoms with Gasteiger partial charge in [0.25, 0.3) is 0 Å². The summed E-state index contributed by atoms with van der Waals surface area (Å²) in [6.07, 6.45) is 3.45. The highest BCUT2D eigenvalue weighted by Crippen LogP contribution is 2.26. The van der Waals surface area contributed by atoms with Crippen LogP contribution in [0.3, 0.4) is 0 Å². The maximum Gasteiger partial charge on any atom is 0.193 e. The molecule has 166 valence electrons. The molecule has 2 aliphatic rings. The number of aromatic nitrogens is 1. The summed E-state index contributed by atoms with van der Waals surface area (Å²) in [5, 5.41) is 3.52. The molecule has 0 spiro atoms. The zero-order valence-corrected chi connectivity index (χ0v) is 19.4. The Morgan fingerprint density at radius 2 is 2.06 bits per heavy atom. The van der Waals surface area contributed by atoms with Gasteiger partial charge in [0.05, 0.1) is 12.7 Å². The lowest BCUT2D eigenvalue weighted by Crippen LogP contribution is -2.41. The van der Waals surface area contributed by atoms with Crippen molar-refractivity contribution < 1.29 is 4.74 Å². The quantitative estimate of drug-likeness (QED) is 0.422. The topological polar surface area (TPSA) is 53.0 Å². The summed E-state index contributed by atoms with van der Waals surface area (Å²) < 4.78 is 5.63. The minimum Gasteiger partial charge on any atom is -0.375 e. The predicted molar refractivity (Wildman–Crippen MR) is 129 cm³/mol. The van der Waals surface area contributed by atoms with Gasteiger partial charge < -0.3 is 19.9 Å². The van der Waals surface area contributed by atoms with Gasteiger partial charge in [-0.05, 0) is 43.0 Å². The van der Waals surface area contributed by atoms with Gasteiger partial charge in [-0.1, -0.05) is 24.3 Å². The molecular formula is C24H33N5OS. The Kier molecular flexibility index (Phi) is 7.70. The van der Waals surface area contributed by atoms with Crippen LogP contribution in [0, 0.1) is 5.92 Å². The SMILES string of the molecule is CN=C(NCc1ccc(N2CCOC(C)C2)nc1)N1CCC(CSc2ccccc2)C1. The van der Waals surface area contributed by atoms with Gasteiger partial charge in [-0.3, -0.25) is 4.99 Å². The number of thioether (sulfide) groups is 1. The highest BCUT2D eigenvalue weighted by molar-refractivity contribution is 7.99. The number of hydrogen-bond donors (Lipinski definition) is 1. The molecule has 0 amide bonds. The number of rotatable bonds is 6. The Labute approximate surface area is 190 Å². The van der Waals surface area contributed by atoms with Crippen molar-refractivity contribution in [1.82, 2.24) is 15.2 Å². The van der Waals surface area contributed by atoms with Crippen molar-refractivity contribution in [1.29, 1.82) is 0 Å². The number of benzene rings is 1. The van der Waals surface area contributed by atoms with E-state index in [4.69, 9.17) is 4.74 Å². The van der Waals surface area contributed by atoms with E-state index in [-0.39, 0.29) is 6.10 Å². The van der Waals surface area contributed by atoms with Crippen LogP contribution >= 0.6 is 11.8 Å². The molecule has 0 bridgehead atoms. The Balaban J connectivity index is 1.24. The van der Waals surface area contributed by atoms with E-state index in [1.54, 1.807) is 0 Å². The van der Waals surface area contributed by atoms with Gasteiger partial charge in [0.2, 0.25) is 0 Å². The molecule has 0 radical (unpaired) electrons. The van der Waals surface area contributed by atoms with Gasteiger partial charge >= 0.3 is 0 Å². The van der Waals surface area contributed by atoms with Crippen molar-refractivity contribution >= 4 is 23.5 Å². The van der Waals surface area contributed by atoms with E-state index in [2.05, 4.69) is 74.5 Å². The number of guanidine groups is 1. The Morgan fingerprint density at radius 3 is 2.81 bits per heavy atom. The largest absolute Gasteiger partial charge is 0.375 e. The fourth-order valence-electron chi connectivity index (χ4n) is 4.14. The molecular weight excluding hydrogens is 406 g/mol. The van der Waals surface area contributed by atoms with Gasteiger partial charge in [0, 0.05) is 56.6 Å². The standard InChI is InChI=1S/C24H33N5OS/c1-19-16-28(12-13-30-19)23-9-8-20(14-26-23)15-27-24(25-2)29-11-10-21(17-29)18-31-22-6-4-3-5-7-22/h3-9,14,19,21H,10-13,15-18H2,1-2H3,(H,25,27). The summed E-state index contributed by atoms with van der Waals surface area (Å²) in [6, 6.07) is 14.9. The van der Waals surface area contributed by atoms with Gasteiger partial charge in [0.15, 0.2) is 5.96 Å². The summed E-state index contributed by atoms with van der Waals surface area (Å²) in [7, 11) is 1.87. The Bertz CT molecular complexity index is 845. The van der Waals surface area contributed by atoms with Crippen LogP contribution in [0.2, 0.25) is 0 Å². The molecule has 31 heavy (non-hydrogen) atoms. The number of nitrogens with one attached hydrogen (secondary N) is 1. The number of hydrogen-bond acceptors (Lipinski definition) is 5. The van der Waals surface area contributed by atoms with E-state index in [1.165, 1.54) is 16.9 Å². The fraction of sp³-hybridized carbons (Fsp3) is 0.500. The molecule has 3 heterocycles. The zero-order valence-electron chi connectivity index (χ0n) is 18.5. The molecule has 2 aromatic rings. The molecule has 2 aliphatic heterocycles. The molecule has 2 saturated heterocycles. The highest BCUT2D eigenvalue weighted by Gasteiger charge is 2.25. The number of anilines is 1. The minimum atomic E-state index is 0.260. The van der Waals surface area contributed by atoms with Crippen molar-refractivity contribution in [3.05, 3.63) is 54.2 Å². The number of morpholine rings is 1. The van der Waals surface area contributed by atoms with Gasteiger partial charge in [0.1, 0.15) is 5.82 Å². The summed E-state index contributed by atoms with van der Waals surface area (Å²) in [6.45, 7) is 7.54. The van der Waals surface area contributed by atoms with Crippen LogP contribution in [0.25, 0.3) is 0 Å². The summed E-state index contributed by atoms with van der Waals surface area (Å²) in [5.41, 5.74) is 1.17. The lowest BCUT2D eigenvalue weighted by atomic mass is 10.2. The van der Waals surface area contributed by atoms with Crippen LogP contribution in [-0.4, -0.2) is 67.5 Å². The third-order valence-corrected chi connectivity index (χ3v) is 7.09. The molecule has 1 N–H and O–H groups in total. The van der Waals surface area contributed by atoms with E-state index in [1.807, 2.05) is 25.0 Å². The van der Waals surface area contributed by atoms with E-state index < -0.39 is 0 Å². The third-order valence-electron chi connectivity index (χ3n) is 5.85. The fourth-order valence-corrected chi connectivity index (χ4v) is 5.19. The normalized spacial score (nSPS) is 22.1. The van der Waals surface area contributed by atoms with Crippen molar-refractivity contribution in [2.45, 2.75) is 30.9 Å². The van der Waals surface area contributed by atoms with Gasteiger partial charge in [-0.15, -0.1) is 11.8 Å². The molecule has 2 unspecified atom stereocenters. The Hall–Kier alpha value is -2.25. The van der Waals surface area contributed by atoms with Crippen molar-refractivity contribution in [2.24, 2.45) is 10.9 Å². The van der Waals surface area contributed by atoms with E-state index in [0.717, 1.165) is 56.9 Å². The molecule has 1 aromatic carbocycles. The molecule has 7 heteroatoms. The van der Waals surface area contributed by atoms with Crippen molar-refractivity contribution in [2.75, 3.05) is 50.5 Å². The number of ether oxygens (including phenoxy) is 1. The predicted octanol–water partition coefficient (Wildman–Crippen LogP) is 3.50. The first-order chi connectivity index (χ1) is 15.2. The molecule has 6 nitrogen and oxygen atoms in total. The Morgan fingerprint density at radius 1 is 1.19 bits per heavy atom. The second-order valence-corrected chi connectivity index (χ2v) is 9.37. The van der Waals surface area contributed by atoms with Crippen LogP contribution < -0.4 is 10.2 Å². The summed E-state index contributed by atoms with van der Waals surface area (Å²) in [5.74, 6) is 3.86. The molecule has 0 saturated carbocycles. The van der Waals surface area contributed by atoms with Gasteiger partial charge in [-0.25, -0.2) is 4.98 Å². The van der Waals surface area contributed by atoms with E-state index >= 15 is 0 Å². The number of likely N-dealkylation sites (tertiary alicyclic amines) is 1. The first-order valence-electron chi connectivity index (χ1n) is 11.2. The average Bonchev–Trinajstić information content (AvgIpc) is 3.28. The van der Waals surface area contributed by atoms with Crippen molar-refractivity contribution in [3.8, 4) is 0 Å². The van der Waals surface area contributed by atoms with E-state index in [9.17, 15) is 0 Å². The van der Waals surface area contributed by atoms with Gasteiger partial charge in [-0.2, -0.15) is 0 Å². The van der Waals surface area contributed by atoms with Crippen LogP contribution in [0.4, 0.5) is 5.82 Å². The van der Waals surface area contributed by atoms with Crippen molar-refractivity contribution in [3.63, 3.8) is 0 Å². The van der Waals surface area contributed by atoms with Crippen LogP contribution in [0.5, 0.6) is 0 Å². The minimum absolute atomic E-state index is 0.260.